The van der Waals surface area contributed by atoms with Gasteiger partial charge in [0.25, 0.3) is 5.91 Å². The third-order valence-electron chi connectivity index (χ3n) is 3.38. The fraction of sp³-hybridized carbons (Fsp3) is 0.562. The fourth-order valence-corrected chi connectivity index (χ4v) is 2.77. The summed E-state index contributed by atoms with van der Waals surface area (Å²) in [7, 11) is 0. The fourth-order valence-electron chi connectivity index (χ4n) is 2.15. The van der Waals surface area contributed by atoms with E-state index in [1.54, 1.807) is 11.8 Å². The first-order chi connectivity index (χ1) is 9.31. The van der Waals surface area contributed by atoms with Crippen LogP contribution in [0.4, 0.5) is 0 Å². The smallest absolute Gasteiger partial charge is 0.251 e. The highest BCUT2D eigenvalue weighted by Gasteiger charge is 2.23. The maximum absolute atomic E-state index is 12.5. The van der Waals surface area contributed by atoms with Crippen LogP contribution in [0.15, 0.2) is 24.3 Å². The van der Waals surface area contributed by atoms with Crippen molar-refractivity contribution in [3.8, 4) is 0 Å². The van der Waals surface area contributed by atoms with Gasteiger partial charge < -0.3 is 10.4 Å². The Morgan fingerprint density at radius 2 is 1.95 bits per heavy atom. The minimum atomic E-state index is -0.0763. The second kappa shape index (κ2) is 7.14. The zero-order valence-corrected chi connectivity index (χ0v) is 13.8. The summed E-state index contributed by atoms with van der Waals surface area (Å²) in [5, 5.41) is 12.3. The predicted molar refractivity (Wildman–Crippen MR) is 86.5 cm³/mol. The molecular formula is C16H25NO2S. The van der Waals surface area contributed by atoms with Crippen molar-refractivity contribution in [1.82, 2.24) is 5.32 Å². The SMILES string of the molecule is CSC(CO)C(C)NC(=O)c1ccccc1C(C)(C)C. The van der Waals surface area contributed by atoms with Gasteiger partial charge in [-0.15, -0.1) is 0 Å². The molecule has 0 aromatic heterocycles. The highest BCUT2D eigenvalue weighted by Crippen LogP contribution is 2.25. The first kappa shape index (κ1) is 17.1. The molecular weight excluding hydrogens is 270 g/mol. The molecule has 2 unspecified atom stereocenters. The normalized spacial score (nSPS) is 14.7. The number of carbonyl (C=O) groups excluding carboxylic acids is 1. The number of aliphatic hydroxyl groups is 1. The van der Waals surface area contributed by atoms with Crippen molar-refractivity contribution in [2.24, 2.45) is 0 Å². The second-order valence-corrected chi connectivity index (χ2v) is 7.09. The molecule has 112 valence electrons. The quantitative estimate of drug-likeness (QED) is 0.878. The molecule has 20 heavy (non-hydrogen) atoms. The summed E-state index contributed by atoms with van der Waals surface area (Å²) in [5.74, 6) is -0.0736. The van der Waals surface area contributed by atoms with Crippen molar-refractivity contribution in [2.75, 3.05) is 12.9 Å². The molecule has 0 saturated heterocycles. The summed E-state index contributed by atoms with van der Waals surface area (Å²) >= 11 is 1.56. The van der Waals surface area contributed by atoms with Crippen molar-refractivity contribution in [1.29, 1.82) is 0 Å². The topological polar surface area (TPSA) is 49.3 Å². The first-order valence-corrected chi connectivity index (χ1v) is 8.14. The average molecular weight is 295 g/mol. The van der Waals surface area contributed by atoms with Gasteiger partial charge in [0.2, 0.25) is 0 Å². The van der Waals surface area contributed by atoms with Crippen LogP contribution in [0.25, 0.3) is 0 Å². The van der Waals surface area contributed by atoms with E-state index in [2.05, 4.69) is 26.1 Å². The molecule has 0 spiro atoms. The van der Waals surface area contributed by atoms with Gasteiger partial charge in [-0.2, -0.15) is 11.8 Å². The highest BCUT2D eigenvalue weighted by atomic mass is 32.2. The summed E-state index contributed by atoms with van der Waals surface area (Å²) in [5.41, 5.74) is 1.67. The van der Waals surface area contributed by atoms with Crippen molar-refractivity contribution in [3.05, 3.63) is 35.4 Å². The molecule has 2 atom stereocenters. The van der Waals surface area contributed by atoms with Gasteiger partial charge in [0, 0.05) is 16.9 Å². The van der Waals surface area contributed by atoms with E-state index in [4.69, 9.17) is 0 Å². The molecule has 0 saturated carbocycles. The number of carbonyl (C=O) groups is 1. The number of hydrogen-bond acceptors (Lipinski definition) is 3. The van der Waals surface area contributed by atoms with Crippen LogP contribution in [0.5, 0.6) is 0 Å². The van der Waals surface area contributed by atoms with E-state index < -0.39 is 0 Å². The number of thioether (sulfide) groups is 1. The molecule has 0 radical (unpaired) electrons. The Labute approximate surface area is 126 Å². The van der Waals surface area contributed by atoms with E-state index in [1.807, 2.05) is 37.4 Å². The predicted octanol–water partition coefficient (Wildman–Crippen LogP) is 2.83. The van der Waals surface area contributed by atoms with Crippen LogP contribution in [-0.4, -0.2) is 35.2 Å². The molecule has 0 heterocycles. The molecule has 4 heteroatoms. The lowest BCUT2D eigenvalue weighted by atomic mass is 9.83. The van der Waals surface area contributed by atoms with E-state index >= 15 is 0 Å². The van der Waals surface area contributed by atoms with Gasteiger partial charge in [-0.25, -0.2) is 0 Å². The van der Waals surface area contributed by atoms with Gasteiger partial charge in [-0.1, -0.05) is 39.0 Å². The van der Waals surface area contributed by atoms with Gasteiger partial charge in [-0.05, 0) is 30.2 Å². The third kappa shape index (κ3) is 4.25. The Bertz CT molecular complexity index is 450. The minimum absolute atomic E-state index is 0.0146. The lowest BCUT2D eigenvalue weighted by molar-refractivity contribution is 0.0933. The van der Waals surface area contributed by atoms with Crippen LogP contribution in [0.3, 0.4) is 0 Å². The average Bonchev–Trinajstić information content (AvgIpc) is 2.39. The monoisotopic (exact) mass is 295 g/mol. The zero-order chi connectivity index (χ0) is 15.3. The van der Waals surface area contributed by atoms with Crippen molar-refractivity contribution < 1.29 is 9.90 Å². The van der Waals surface area contributed by atoms with Crippen LogP contribution < -0.4 is 5.32 Å². The summed E-state index contributed by atoms with van der Waals surface area (Å²) in [6.45, 7) is 8.28. The van der Waals surface area contributed by atoms with Gasteiger partial charge >= 0.3 is 0 Å². The molecule has 1 amide bonds. The molecule has 1 aromatic carbocycles. The van der Waals surface area contributed by atoms with Crippen LogP contribution >= 0.6 is 11.8 Å². The van der Waals surface area contributed by atoms with Crippen molar-refractivity contribution in [2.45, 2.75) is 44.4 Å². The first-order valence-electron chi connectivity index (χ1n) is 6.85. The number of aliphatic hydroxyl groups excluding tert-OH is 1. The molecule has 1 rings (SSSR count). The van der Waals surface area contributed by atoms with Crippen LogP contribution in [0.1, 0.15) is 43.6 Å². The van der Waals surface area contributed by atoms with Gasteiger partial charge in [-0.3, -0.25) is 4.79 Å². The van der Waals surface area contributed by atoms with Crippen molar-refractivity contribution in [3.63, 3.8) is 0 Å². The maximum atomic E-state index is 12.5. The second-order valence-electron chi connectivity index (χ2n) is 6.01. The summed E-state index contributed by atoms with van der Waals surface area (Å²) in [6.07, 6.45) is 1.94. The molecule has 0 aliphatic carbocycles. The molecule has 3 nitrogen and oxygen atoms in total. The molecule has 2 N–H and O–H groups in total. The molecule has 0 aliphatic heterocycles. The Hall–Kier alpha value is -1.00. The van der Waals surface area contributed by atoms with E-state index in [1.165, 1.54) is 0 Å². The maximum Gasteiger partial charge on any atom is 0.251 e. The molecule has 1 aromatic rings. The van der Waals surface area contributed by atoms with E-state index in [0.29, 0.717) is 5.56 Å². The molecule has 0 bridgehead atoms. The third-order valence-corrected chi connectivity index (χ3v) is 4.54. The summed E-state index contributed by atoms with van der Waals surface area (Å²) < 4.78 is 0. The standard InChI is InChI=1S/C16H25NO2S/c1-11(14(10-18)20-5)17-15(19)12-8-6-7-9-13(12)16(2,3)4/h6-9,11,14,18H,10H2,1-5H3,(H,17,19). The lowest BCUT2D eigenvalue weighted by Gasteiger charge is -2.25. The van der Waals surface area contributed by atoms with Crippen LogP contribution in [0, 0.1) is 0 Å². The Morgan fingerprint density at radius 3 is 2.45 bits per heavy atom. The van der Waals surface area contributed by atoms with E-state index in [-0.39, 0.29) is 29.2 Å². The Morgan fingerprint density at radius 1 is 1.35 bits per heavy atom. The Kier molecular flexibility index (Phi) is 6.08. The van der Waals surface area contributed by atoms with E-state index in [0.717, 1.165) is 5.56 Å². The Balaban J connectivity index is 2.94. The number of benzene rings is 1. The van der Waals surface area contributed by atoms with Crippen molar-refractivity contribution >= 4 is 17.7 Å². The lowest BCUT2D eigenvalue weighted by Crippen LogP contribution is -2.41. The summed E-state index contributed by atoms with van der Waals surface area (Å²) in [4.78, 5) is 12.5. The zero-order valence-electron chi connectivity index (χ0n) is 12.9. The van der Waals surface area contributed by atoms with Gasteiger partial charge in [0.05, 0.1) is 6.61 Å². The number of hydrogen-bond donors (Lipinski definition) is 2. The number of nitrogens with one attached hydrogen (secondary N) is 1. The number of amides is 1. The summed E-state index contributed by atoms with van der Waals surface area (Å²) in [6, 6.07) is 7.62. The van der Waals surface area contributed by atoms with Crippen LogP contribution in [-0.2, 0) is 5.41 Å². The van der Waals surface area contributed by atoms with Crippen LogP contribution in [0.2, 0.25) is 0 Å². The highest BCUT2D eigenvalue weighted by molar-refractivity contribution is 7.99. The van der Waals surface area contributed by atoms with Gasteiger partial charge in [0.1, 0.15) is 0 Å². The molecule has 0 fully saturated rings. The van der Waals surface area contributed by atoms with Gasteiger partial charge in [0.15, 0.2) is 0 Å². The molecule has 0 aliphatic rings. The van der Waals surface area contributed by atoms with E-state index in [9.17, 15) is 9.90 Å². The minimum Gasteiger partial charge on any atom is -0.395 e. The largest absolute Gasteiger partial charge is 0.395 e. The number of rotatable bonds is 5.